The molecule has 52 heavy (non-hydrogen) atoms. The number of carbonyl (C=O) groups excluding carboxylic acids is 1. The number of amides is 1. The smallest absolute Gasteiger partial charge is 0.410 e. The lowest BCUT2D eigenvalue weighted by atomic mass is 9.95. The molecular formula is C38H45F3N6O5. The Bertz CT molecular complexity index is 1980. The van der Waals surface area contributed by atoms with Crippen molar-refractivity contribution in [1.82, 2.24) is 24.8 Å². The molecule has 0 aliphatic carbocycles. The Morgan fingerprint density at radius 1 is 1.06 bits per heavy atom. The minimum atomic E-state index is -0.953. The normalized spacial score (nSPS) is 23.8. The number of fused-ring (bicyclic) bond motifs is 3. The van der Waals surface area contributed by atoms with Gasteiger partial charge in [-0.15, -0.1) is 0 Å². The van der Waals surface area contributed by atoms with Gasteiger partial charge in [0, 0.05) is 50.3 Å². The van der Waals surface area contributed by atoms with Crippen LogP contribution in [0.4, 0.5) is 23.8 Å². The van der Waals surface area contributed by atoms with E-state index >= 15 is 8.78 Å². The van der Waals surface area contributed by atoms with Gasteiger partial charge in [-0.1, -0.05) is 12.1 Å². The van der Waals surface area contributed by atoms with Crippen molar-refractivity contribution < 1.29 is 36.9 Å². The van der Waals surface area contributed by atoms with E-state index in [1.807, 2.05) is 39.5 Å². The zero-order valence-corrected chi connectivity index (χ0v) is 30.4. The third kappa shape index (κ3) is 6.78. The Morgan fingerprint density at radius 3 is 2.56 bits per heavy atom. The van der Waals surface area contributed by atoms with Gasteiger partial charge in [-0.05, 0) is 77.6 Å². The Hall–Kier alpha value is -4.43. The summed E-state index contributed by atoms with van der Waals surface area (Å²) in [6.45, 7) is 11.2. The van der Waals surface area contributed by atoms with Gasteiger partial charge in [0.25, 0.3) is 0 Å². The van der Waals surface area contributed by atoms with Gasteiger partial charge in [0.2, 0.25) is 0 Å². The van der Waals surface area contributed by atoms with Crippen LogP contribution in [-0.4, -0.2) is 107 Å². The van der Waals surface area contributed by atoms with Crippen molar-refractivity contribution >= 4 is 33.6 Å². The quantitative estimate of drug-likeness (QED) is 0.179. The molecule has 3 saturated heterocycles. The number of piperazine rings is 1. The summed E-state index contributed by atoms with van der Waals surface area (Å²) in [5, 5.41) is 0.985. The molecule has 4 aromatic rings. The molecule has 14 heteroatoms. The van der Waals surface area contributed by atoms with Gasteiger partial charge in [0.15, 0.2) is 12.6 Å². The minimum Gasteiger partial charge on any atom is -0.468 e. The molecule has 0 radical (unpaired) electrons. The van der Waals surface area contributed by atoms with Crippen molar-refractivity contribution in [3.05, 3.63) is 48.2 Å². The Labute approximate surface area is 301 Å². The van der Waals surface area contributed by atoms with Crippen LogP contribution >= 0.6 is 0 Å². The molecule has 7 rings (SSSR count). The van der Waals surface area contributed by atoms with Crippen LogP contribution in [0, 0.1) is 11.6 Å². The van der Waals surface area contributed by atoms with E-state index in [9.17, 15) is 9.18 Å². The van der Waals surface area contributed by atoms with Gasteiger partial charge < -0.3 is 23.8 Å². The molecule has 1 amide bonds. The fraction of sp³-hybridized carbons (Fsp3) is 0.526. The van der Waals surface area contributed by atoms with Crippen LogP contribution in [0.1, 0.15) is 53.9 Å². The highest BCUT2D eigenvalue weighted by Gasteiger charge is 2.49. The maximum atomic E-state index is 17.1. The lowest BCUT2D eigenvalue weighted by Gasteiger charge is -2.45. The van der Waals surface area contributed by atoms with Gasteiger partial charge in [0.1, 0.15) is 47.0 Å². The Morgan fingerprint density at radius 2 is 1.83 bits per heavy atom. The number of halogens is 3. The van der Waals surface area contributed by atoms with Gasteiger partial charge in [-0.2, -0.15) is 9.97 Å². The largest absolute Gasteiger partial charge is 0.468 e. The zero-order valence-electron chi connectivity index (χ0n) is 30.4. The molecule has 4 atom stereocenters. The van der Waals surface area contributed by atoms with E-state index < -0.39 is 35.0 Å². The number of aromatic nitrogens is 3. The van der Waals surface area contributed by atoms with Crippen LogP contribution in [0.5, 0.6) is 11.8 Å². The number of pyridine rings is 1. The molecule has 2 unspecified atom stereocenters. The van der Waals surface area contributed by atoms with Crippen LogP contribution in [0.3, 0.4) is 0 Å². The molecule has 3 aliphatic heterocycles. The minimum absolute atomic E-state index is 0.0642. The number of ether oxygens (including phenoxy) is 4. The molecule has 3 fully saturated rings. The van der Waals surface area contributed by atoms with Crippen molar-refractivity contribution in [3.63, 3.8) is 0 Å². The summed E-state index contributed by atoms with van der Waals surface area (Å²) in [5.41, 5.74) is -1.17. The van der Waals surface area contributed by atoms with Crippen LogP contribution in [0.25, 0.3) is 32.9 Å². The van der Waals surface area contributed by atoms with Gasteiger partial charge >= 0.3 is 12.1 Å². The first-order chi connectivity index (χ1) is 24.8. The average Bonchev–Trinajstić information content (AvgIpc) is 3.60. The lowest BCUT2D eigenvalue weighted by molar-refractivity contribution is 0.00560. The van der Waals surface area contributed by atoms with E-state index in [4.69, 9.17) is 23.9 Å². The zero-order chi connectivity index (χ0) is 36.9. The third-order valence-corrected chi connectivity index (χ3v) is 10.2. The van der Waals surface area contributed by atoms with Gasteiger partial charge in [0.05, 0.1) is 23.0 Å². The molecule has 0 bridgehead atoms. The molecular weight excluding hydrogens is 677 g/mol. The van der Waals surface area contributed by atoms with E-state index in [1.165, 1.54) is 25.4 Å². The molecule has 11 nitrogen and oxygen atoms in total. The molecule has 3 aliphatic rings. The van der Waals surface area contributed by atoms with Gasteiger partial charge in [-0.25, -0.2) is 18.0 Å². The lowest BCUT2D eigenvalue weighted by Crippen LogP contribution is -2.59. The number of hydrogen-bond acceptors (Lipinski definition) is 10. The van der Waals surface area contributed by atoms with Crippen LogP contribution < -0.4 is 14.4 Å². The second-order valence-electron chi connectivity index (χ2n) is 15.2. The highest BCUT2D eigenvalue weighted by Crippen LogP contribution is 2.42. The van der Waals surface area contributed by atoms with Crippen molar-refractivity contribution in [1.29, 1.82) is 0 Å². The molecule has 0 N–H and O–H groups in total. The molecule has 278 valence electrons. The number of hydrogen-bond donors (Lipinski definition) is 0. The highest BCUT2D eigenvalue weighted by atomic mass is 19.1. The number of carbonyl (C=O) groups is 1. The Kier molecular flexibility index (Phi) is 9.57. The summed E-state index contributed by atoms with van der Waals surface area (Å²) in [5.74, 6) is -0.617. The number of rotatable bonds is 8. The maximum Gasteiger partial charge on any atom is 0.410 e. The monoisotopic (exact) mass is 722 g/mol. The van der Waals surface area contributed by atoms with Crippen LogP contribution in [0.2, 0.25) is 0 Å². The summed E-state index contributed by atoms with van der Waals surface area (Å²) < 4.78 is 69.8. The highest BCUT2D eigenvalue weighted by molar-refractivity contribution is 6.00. The second kappa shape index (κ2) is 13.8. The number of anilines is 1. The predicted octanol–water partition coefficient (Wildman–Crippen LogP) is 6.90. The average molecular weight is 723 g/mol. The summed E-state index contributed by atoms with van der Waals surface area (Å²) in [7, 11) is 1.48. The number of methoxy groups -OCH3 is 1. The topological polar surface area (TPSA) is 102 Å². The van der Waals surface area contributed by atoms with E-state index in [0.29, 0.717) is 48.4 Å². The number of nitrogens with zero attached hydrogens (tertiary/aromatic N) is 6. The fourth-order valence-electron chi connectivity index (χ4n) is 8.08. The first-order valence-electron chi connectivity index (χ1n) is 17.8. The standard InChI is InChI=1S/C38H45F3N6O5/c1-22-17-45(18-23(2)47(22)36(48)52-37(3,4)5)34-28-16-42-32(27-14-26(51-21-49-6)13-24-9-7-10-29(40)30(24)27)31(41)33(28)43-35(44-34)50-20-38-11-8-12-46(38)19-25(39)15-38/h7,9-10,13-14,16,22-23,25H,8,11-12,15,17-21H2,1-6H3/t22?,23?,25-,38+/m1/s1. The van der Waals surface area contributed by atoms with E-state index in [2.05, 4.69) is 14.9 Å². The Balaban J connectivity index is 1.32. The fourth-order valence-corrected chi connectivity index (χ4v) is 8.08. The van der Waals surface area contributed by atoms with Crippen molar-refractivity contribution in [2.75, 3.05) is 51.6 Å². The van der Waals surface area contributed by atoms with E-state index in [1.54, 1.807) is 23.1 Å². The van der Waals surface area contributed by atoms with E-state index in [0.717, 1.165) is 19.4 Å². The van der Waals surface area contributed by atoms with E-state index in [-0.39, 0.29) is 53.7 Å². The summed E-state index contributed by atoms with van der Waals surface area (Å²) in [6, 6.07) is 7.13. The van der Waals surface area contributed by atoms with Crippen molar-refractivity contribution in [2.45, 2.75) is 83.3 Å². The SMILES string of the molecule is COCOc1cc(-c2ncc3c(N4CC(C)N(C(=O)OC(C)(C)C)C(C)C4)nc(OC[C@@]45CCCN4C[C@H](F)C5)nc3c2F)c2c(F)cccc2c1. The van der Waals surface area contributed by atoms with Crippen LogP contribution in [0.15, 0.2) is 36.5 Å². The third-order valence-electron chi connectivity index (χ3n) is 10.2. The summed E-state index contributed by atoms with van der Waals surface area (Å²) in [6.07, 6.45) is 2.17. The number of alkyl halides is 1. The molecule has 0 spiro atoms. The first-order valence-corrected chi connectivity index (χ1v) is 17.8. The number of benzene rings is 2. The molecule has 0 saturated carbocycles. The molecule has 2 aromatic heterocycles. The molecule has 5 heterocycles. The maximum absolute atomic E-state index is 17.1. The predicted molar refractivity (Wildman–Crippen MR) is 190 cm³/mol. The second-order valence-corrected chi connectivity index (χ2v) is 15.2. The first kappa shape index (κ1) is 36.0. The van der Waals surface area contributed by atoms with Crippen molar-refractivity contribution in [3.8, 4) is 23.0 Å². The summed E-state index contributed by atoms with van der Waals surface area (Å²) in [4.78, 5) is 32.9. The van der Waals surface area contributed by atoms with Gasteiger partial charge in [-0.3, -0.25) is 14.8 Å². The van der Waals surface area contributed by atoms with Crippen molar-refractivity contribution in [2.24, 2.45) is 0 Å². The molecule has 2 aromatic carbocycles. The summed E-state index contributed by atoms with van der Waals surface area (Å²) >= 11 is 0. The van der Waals surface area contributed by atoms with Crippen LogP contribution in [-0.2, 0) is 9.47 Å².